The number of nitrogens with two attached hydrogens (primary N) is 1. The van der Waals surface area contributed by atoms with Crippen LogP contribution in [0.1, 0.15) is 16.5 Å². The summed E-state index contributed by atoms with van der Waals surface area (Å²) in [5.41, 5.74) is 6.22. The molecule has 0 saturated carbocycles. The number of benzene rings is 3. The third-order valence-electron chi connectivity index (χ3n) is 4.93. The largest absolute Gasteiger partial charge is 0.481 e. The molecule has 1 amide bonds. The maximum Gasteiger partial charge on any atom is 0.411 e. The summed E-state index contributed by atoms with van der Waals surface area (Å²) in [5, 5.41) is 22.1. The topological polar surface area (TPSA) is 141 Å². The van der Waals surface area contributed by atoms with Crippen LogP contribution in [0.25, 0.3) is 10.1 Å². The molecule has 172 valence electrons. The molecule has 10 heteroatoms. The van der Waals surface area contributed by atoms with E-state index in [0.29, 0.717) is 10.6 Å². The second kappa shape index (κ2) is 10.0. The molecule has 0 radical (unpaired) electrons. The number of carbonyl (C=O) groups is 1. The van der Waals surface area contributed by atoms with Gasteiger partial charge in [0.1, 0.15) is 23.9 Å². The number of anilines is 1. The highest BCUT2D eigenvalue weighted by Crippen LogP contribution is 2.35. The van der Waals surface area contributed by atoms with Crippen LogP contribution in [0, 0.1) is 15.5 Å². The van der Waals surface area contributed by atoms with E-state index in [9.17, 15) is 14.9 Å². The van der Waals surface area contributed by atoms with E-state index in [0.717, 1.165) is 15.6 Å². The summed E-state index contributed by atoms with van der Waals surface area (Å²) in [5.74, 6) is 0.527. The normalized spacial score (nSPS) is 11.5. The zero-order valence-corrected chi connectivity index (χ0v) is 18.6. The standard InChI is InChI=1S/C24H20N4O5S/c25-23(26)22-13-16-19(11-6-12-21(16)34-22)33-20(15-7-2-1-3-8-15)14-32-24(29)27-17-9-4-5-10-18(17)28(30)31/h1-13,20H,14H2,(H3,25,26)(H,27,29). The maximum atomic E-state index is 12.4. The quantitative estimate of drug-likeness (QED) is 0.133. The number of nitro benzene ring substituents is 1. The Balaban J connectivity index is 1.54. The smallest absolute Gasteiger partial charge is 0.411 e. The zero-order chi connectivity index (χ0) is 24.1. The summed E-state index contributed by atoms with van der Waals surface area (Å²) in [6.07, 6.45) is -1.49. The molecule has 4 aromatic rings. The molecule has 1 aromatic heterocycles. The van der Waals surface area contributed by atoms with Gasteiger partial charge in [-0.2, -0.15) is 0 Å². The van der Waals surface area contributed by atoms with Crippen LogP contribution >= 0.6 is 11.3 Å². The van der Waals surface area contributed by atoms with E-state index in [2.05, 4.69) is 5.32 Å². The first-order chi connectivity index (χ1) is 16.4. The molecule has 1 heterocycles. The second-order valence-corrected chi connectivity index (χ2v) is 8.29. The molecule has 1 unspecified atom stereocenters. The van der Waals surface area contributed by atoms with Crippen molar-refractivity contribution in [2.75, 3.05) is 11.9 Å². The van der Waals surface area contributed by atoms with Gasteiger partial charge in [-0.15, -0.1) is 11.3 Å². The Bertz CT molecular complexity index is 1360. The van der Waals surface area contributed by atoms with Gasteiger partial charge < -0.3 is 15.2 Å². The van der Waals surface area contributed by atoms with Crippen LogP contribution in [0.15, 0.2) is 78.9 Å². The van der Waals surface area contributed by atoms with Crippen LogP contribution in [0.2, 0.25) is 0 Å². The number of carbonyl (C=O) groups excluding carboxylic acids is 1. The lowest BCUT2D eigenvalue weighted by Gasteiger charge is -2.20. The number of ether oxygens (including phenoxy) is 2. The Kier molecular flexibility index (Phi) is 6.69. The van der Waals surface area contributed by atoms with Gasteiger partial charge in [-0.05, 0) is 29.8 Å². The average molecular weight is 477 g/mol. The molecule has 9 nitrogen and oxygen atoms in total. The predicted molar refractivity (Wildman–Crippen MR) is 131 cm³/mol. The van der Waals surface area contributed by atoms with Gasteiger partial charge in [0.05, 0.1) is 9.80 Å². The average Bonchev–Trinajstić information content (AvgIpc) is 3.28. The molecular weight excluding hydrogens is 456 g/mol. The highest BCUT2D eigenvalue weighted by molar-refractivity contribution is 7.20. The Morgan fingerprint density at radius 2 is 1.82 bits per heavy atom. The van der Waals surface area contributed by atoms with Gasteiger partial charge in [0.2, 0.25) is 0 Å². The Labute approximate surface area is 198 Å². The lowest BCUT2D eigenvalue weighted by atomic mass is 10.1. The van der Waals surface area contributed by atoms with E-state index >= 15 is 0 Å². The SMILES string of the molecule is N=C(N)c1cc2c(OC(COC(=O)Nc3ccccc3[N+](=O)[O-])c3ccccc3)cccc2s1. The van der Waals surface area contributed by atoms with Crippen molar-refractivity contribution in [1.29, 1.82) is 5.41 Å². The van der Waals surface area contributed by atoms with Crippen LogP contribution in [-0.2, 0) is 4.74 Å². The van der Waals surface area contributed by atoms with E-state index in [1.807, 2.05) is 42.5 Å². The minimum absolute atomic E-state index is 0.0261. The fraction of sp³-hybridized carbons (Fsp3) is 0.0833. The third-order valence-corrected chi connectivity index (χ3v) is 6.06. The number of amidine groups is 1. The predicted octanol–water partition coefficient (Wildman–Crippen LogP) is 5.46. The number of fused-ring (bicyclic) bond motifs is 1. The summed E-state index contributed by atoms with van der Waals surface area (Å²) in [7, 11) is 0. The first-order valence-electron chi connectivity index (χ1n) is 10.2. The van der Waals surface area contributed by atoms with E-state index in [1.54, 1.807) is 18.2 Å². The number of thiophene rings is 1. The Hall–Kier alpha value is -4.44. The highest BCUT2D eigenvalue weighted by atomic mass is 32.1. The van der Waals surface area contributed by atoms with Crippen molar-refractivity contribution in [2.24, 2.45) is 5.73 Å². The van der Waals surface area contributed by atoms with Crippen molar-refractivity contribution < 1.29 is 19.2 Å². The molecule has 4 N–H and O–H groups in total. The van der Waals surface area contributed by atoms with Crippen molar-refractivity contribution in [2.45, 2.75) is 6.10 Å². The molecule has 0 spiro atoms. The van der Waals surface area contributed by atoms with Gasteiger partial charge in [-0.3, -0.25) is 20.8 Å². The van der Waals surface area contributed by atoms with Crippen LogP contribution < -0.4 is 15.8 Å². The Morgan fingerprint density at radius 3 is 2.56 bits per heavy atom. The van der Waals surface area contributed by atoms with E-state index in [-0.39, 0.29) is 23.8 Å². The van der Waals surface area contributed by atoms with Gasteiger partial charge in [0.15, 0.2) is 6.10 Å². The third kappa shape index (κ3) is 5.13. The van der Waals surface area contributed by atoms with Crippen molar-refractivity contribution in [3.63, 3.8) is 0 Å². The van der Waals surface area contributed by atoms with Crippen LogP contribution in [0.3, 0.4) is 0 Å². The first-order valence-corrected chi connectivity index (χ1v) is 11.0. The highest BCUT2D eigenvalue weighted by Gasteiger charge is 2.20. The molecule has 0 fully saturated rings. The zero-order valence-electron chi connectivity index (χ0n) is 17.8. The minimum atomic E-state index is -0.841. The molecule has 1 atom stereocenters. The number of para-hydroxylation sites is 2. The van der Waals surface area contributed by atoms with Crippen LogP contribution in [0.5, 0.6) is 5.75 Å². The molecule has 0 aliphatic carbocycles. The summed E-state index contributed by atoms with van der Waals surface area (Å²) < 4.78 is 12.5. The number of hydrogen-bond acceptors (Lipinski definition) is 7. The number of nitrogens with zero attached hydrogens (tertiary/aromatic N) is 1. The lowest BCUT2D eigenvalue weighted by molar-refractivity contribution is -0.383. The van der Waals surface area contributed by atoms with Crippen LogP contribution in [-0.4, -0.2) is 23.5 Å². The number of rotatable bonds is 8. The molecule has 4 rings (SSSR count). The van der Waals surface area contributed by atoms with E-state index in [1.165, 1.54) is 29.5 Å². The first kappa shape index (κ1) is 22.7. The molecular formula is C24H20N4O5S. The van der Waals surface area contributed by atoms with Crippen LogP contribution in [0.4, 0.5) is 16.2 Å². The number of nitro groups is 1. The van der Waals surface area contributed by atoms with Crippen molar-refractivity contribution >= 4 is 44.7 Å². The molecule has 34 heavy (non-hydrogen) atoms. The van der Waals surface area contributed by atoms with Gasteiger partial charge in [-0.1, -0.05) is 48.5 Å². The fourth-order valence-corrected chi connectivity index (χ4v) is 4.26. The van der Waals surface area contributed by atoms with Gasteiger partial charge >= 0.3 is 6.09 Å². The number of nitrogens with one attached hydrogen (secondary N) is 2. The van der Waals surface area contributed by atoms with E-state index in [4.69, 9.17) is 20.6 Å². The molecule has 3 aromatic carbocycles. The summed E-state index contributed by atoms with van der Waals surface area (Å²) in [4.78, 5) is 23.6. The number of hydrogen-bond donors (Lipinski definition) is 3. The summed E-state index contributed by atoms with van der Waals surface area (Å²) >= 11 is 1.39. The molecule has 0 bridgehead atoms. The minimum Gasteiger partial charge on any atom is -0.481 e. The van der Waals surface area contributed by atoms with Gasteiger partial charge in [0, 0.05) is 16.2 Å². The number of amides is 1. The fourth-order valence-electron chi connectivity index (χ4n) is 3.32. The number of nitrogen functional groups attached to an aromatic ring is 1. The van der Waals surface area contributed by atoms with E-state index < -0.39 is 17.1 Å². The van der Waals surface area contributed by atoms with Crippen molar-refractivity contribution in [1.82, 2.24) is 0 Å². The van der Waals surface area contributed by atoms with Crippen molar-refractivity contribution in [3.05, 3.63) is 99.4 Å². The van der Waals surface area contributed by atoms with Crippen molar-refractivity contribution in [3.8, 4) is 5.75 Å². The molecule has 0 aliphatic rings. The summed E-state index contributed by atoms with van der Waals surface area (Å²) in [6, 6.07) is 22.4. The Morgan fingerprint density at radius 1 is 1.09 bits per heavy atom. The van der Waals surface area contributed by atoms with Gasteiger partial charge in [-0.25, -0.2) is 4.79 Å². The monoisotopic (exact) mass is 476 g/mol. The lowest BCUT2D eigenvalue weighted by Crippen LogP contribution is -2.21. The molecule has 0 aliphatic heterocycles. The second-order valence-electron chi connectivity index (χ2n) is 7.21. The van der Waals surface area contributed by atoms with Gasteiger partial charge in [0.25, 0.3) is 5.69 Å². The maximum absolute atomic E-state index is 12.4. The molecule has 0 saturated heterocycles. The summed E-state index contributed by atoms with van der Waals surface area (Å²) in [6.45, 7) is -0.142.